The molecule has 0 aliphatic carbocycles. The number of hydrogen-bond acceptors (Lipinski definition) is 8. The normalized spacial score (nSPS) is 20.8. The summed E-state index contributed by atoms with van der Waals surface area (Å²) in [6.07, 6.45) is 5.50. The van der Waals surface area contributed by atoms with Crippen LogP contribution >= 0.6 is 23.2 Å². The van der Waals surface area contributed by atoms with Gasteiger partial charge in [-0.2, -0.15) is 0 Å². The molecule has 2 aliphatic rings. The van der Waals surface area contributed by atoms with Crippen LogP contribution in [0.3, 0.4) is 0 Å². The summed E-state index contributed by atoms with van der Waals surface area (Å²) in [6.45, 7) is 6.23. The molecule has 1 aromatic carbocycles. The number of nitrogens with zero attached hydrogens (tertiary/aromatic N) is 4. The predicted octanol–water partition coefficient (Wildman–Crippen LogP) is 4.04. The summed E-state index contributed by atoms with van der Waals surface area (Å²) in [5.74, 6) is 0.412. The Balaban J connectivity index is 1.40. The minimum Gasteiger partial charge on any atom is -0.468 e. The molecule has 4 rings (SSSR count). The molecule has 2 aliphatic heterocycles. The predicted molar refractivity (Wildman–Crippen MR) is 152 cm³/mol. The minimum absolute atomic E-state index is 0.257. The number of sulfonamides is 1. The van der Waals surface area contributed by atoms with Crippen molar-refractivity contribution in [2.75, 3.05) is 55.7 Å². The molecular weight excluding hydrogens is 549 g/mol. The second-order valence-electron chi connectivity index (χ2n) is 9.89. The molecule has 9 nitrogen and oxygen atoms in total. The highest BCUT2D eigenvalue weighted by molar-refractivity contribution is 7.92. The zero-order chi connectivity index (χ0) is 27.4. The fourth-order valence-electron chi connectivity index (χ4n) is 5.57. The number of rotatable bonds is 8. The van der Waals surface area contributed by atoms with Crippen LogP contribution in [0.5, 0.6) is 0 Å². The van der Waals surface area contributed by atoms with E-state index in [0.29, 0.717) is 33.6 Å². The summed E-state index contributed by atoms with van der Waals surface area (Å²) in [5, 5.41) is 1.06. The number of benzene rings is 1. The second kappa shape index (κ2) is 12.4. The maximum Gasteiger partial charge on any atom is 0.327 e. The molecule has 0 radical (unpaired) electrons. The highest BCUT2D eigenvalue weighted by atomic mass is 35.5. The van der Waals surface area contributed by atoms with Crippen molar-refractivity contribution in [2.45, 2.75) is 44.3 Å². The monoisotopic (exact) mass is 583 g/mol. The van der Waals surface area contributed by atoms with Crippen molar-refractivity contribution in [1.82, 2.24) is 14.8 Å². The third-order valence-corrected chi connectivity index (χ3v) is 8.50. The zero-order valence-electron chi connectivity index (χ0n) is 21.9. The molecule has 1 aromatic heterocycles. The van der Waals surface area contributed by atoms with Crippen LogP contribution in [-0.4, -0.2) is 87.3 Å². The molecule has 38 heavy (non-hydrogen) atoms. The summed E-state index contributed by atoms with van der Waals surface area (Å²) >= 11 is 12.6. The van der Waals surface area contributed by atoms with Gasteiger partial charge in [-0.25, -0.2) is 18.2 Å². The molecule has 2 saturated heterocycles. The number of piperidine rings is 1. The van der Waals surface area contributed by atoms with E-state index in [1.165, 1.54) is 13.3 Å². The van der Waals surface area contributed by atoms with E-state index in [1.807, 2.05) is 24.3 Å². The van der Waals surface area contributed by atoms with Crippen molar-refractivity contribution in [3.8, 4) is 0 Å². The molecule has 0 bridgehead atoms. The summed E-state index contributed by atoms with van der Waals surface area (Å²) < 4.78 is 30.6. The topological polar surface area (TPSA) is 95.1 Å². The molecule has 12 heteroatoms. The molecule has 2 aromatic rings. The number of halogens is 2. The molecule has 1 N–H and O–H groups in total. The number of pyridine rings is 1. The van der Waals surface area contributed by atoms with Crippen LogP contribution in [0.2, 0.25) is 10.0 Å². The van der Waals surface area contributed by atoms with E-state index < -0.39 is 16.1 Å². The van der Waals surface area contributed by atoms with Crippen molar-refractivity contribution >= 4 is 50.7 Å². The van der Waals surface area contributed by atoms with Gasteiger partial charge in [-0.3, -0.25) is 14.5 Å². The lowest BCUT2D eigenvalue weighted by atomic mass is 9.95. The summed E-state index contributed by atoms with van der Waals surface area (Å²) in [4.78, 5) is 24.2. The summed E-state index contributed by atoms with van der Waals surface area (Å²) in [7, 11) is -1.97. The van der Waals surface area contributed by atoms with Gasteiger partial charge in [0.2, 0.25) is 10.0 Å². The van der Waals surface area contributed by atoms with Gasteiger partial charge in [0.25, 0.3) is 0 Å². The lowest BCUT2D eigenvalue weighted by Gasteiger charge is -2.48. The zero-order valence-corrected chi connectivity index (χ0v) is 24.3. The molecular formula is C26H35Cl2N5O4S. The molecule has 0 amide bonds. The van der Waals surface area contributed by atoms with E-state index in [0.717, 1.165) is 63.8 Å². The lowest BCUT2D eigenvalue weighted by Crippen LogP contribution is -2.58. The van der Waals surface area contributed by atoms with Crippen LogP contribution < -0.4 is 9.62 Å². The molecule has 3 heterocycles. The van der Waals surface area contributed by atoms with Gasteiger partial charge in [0.15, 0.2) is 0 Å². The van der Waals surface area contributed by atoms with E-state index in [2.05, 4.69) is 31.3 Å². The molecule has 0 saturated carbocycles. The van der Waals surface area contributed by atoms with Crippen LogP contribution in [-0.2, 0) is 19.6 Å². The quantitative estimate of drug-likeness (QED) is 0.465. The fraction of sp³-hybridized carbons (Fsp3) is 0.538. The van der Waals surface area contributed by atoms with Crippen LogP contribution in [0.1, 0.15) is 37.8 Å². The molecule has 2 atom stereocenters. The number of methoxy groups -OCH3 is 1. The van der Waals surface area contributed by atoms with E-state index in [-0.39, 0.29) is 5.97 Å². The maximum absolute atomic E-state index is 12.7. The Kier molecular flexibility index (Phi) is 9.41. The first kappa shape index (κ1) is 28.9. The number of piperazine rings is 1. The standard InChI is InChI=1S/C26H35Cl2N5O4S/c1-4-21-17-32(25-23(28)15-20(16-29-25)30-38(3,35)36)13-14-33(21)22-9-11-31(12-10-22)24(26(34)37-2)18-5-7-19(27)8-6-18/h5-8,15-16,21-22,24,30H,4,9-14,17H2,1-3H3/t21-,24?/m0/s1. The summed E-state index contributed by atoms with van der Waals surface area (Å²) in [6, 6.07) is 9.32. The lowest BCUT2D eigenvalue weighted by molar-refractivity contribution is -0.148. The number of carbonyl (C=O) groups excluding carboxylic acids is 1. The van der Waals surface area contributed by atoms with E-state index >= 15 is 0 Å². The van der Waals surface area contributed by atoms with Gasteiger partial charge in [-0.1, -0.05) is 42.3 Å². The first-order valence-corrected chi connectivity index (χ1v) is 15.5. The molecule has 208 valence electrons. The Morgan fingerprint density at radius 2 is 1.84 bits per heavy atom. The van der Waals surface area contributed by atoms with Crippen LogP contribution in [0.25, 0.3) is 0 Å². The number of hydrogen-bond donors (Lipinski definition) is 1. The van der Waals surface area contributed by atoms with Crippen LogP contribution in [0.15, 0.2) is 36.5 Å². The van der Waals surface area contributed by atoms with Crippen molar-refractivity contribution < 1.29 is 17.9 Å². The Labute approximate surface area is 235 Å². The number of nitrogens with one attached hydrogen (secondary N) is 1. The third-order valence-electron chi connectivity index (χ3n) is 7.37. The molecule has 0 spiro atoms. The van der Waals surface area contributed by atoms with E-state index in [4.69, 9.17) is 27.9 Å². The minimum atomic E-state index is -3.40. The maximum atomic E-state index is 12.7. The van der Waals surface area contributed by atoms with Crippen molar-refractivity contribution in [1.29, 1.82) is 0 Å². The smallest absolute Gasteiger partial charge is 0.327 e. The highest BCUT2D eigenvalue weighted by Gasteiger charge is 2.37. The van der Waals surface area contributed by atoms with E-state index in [9.17, 15) is 13.2 Å². The Morgan fingerprint density at radius 1 is 1.16 bits per heavy atom. The number of aromatic nitrogens is 1. The van der Waals surface area contributed by atoms with E-state index in [1.54, 1.807) is 6.07 Å². The number of ether oxygens (including phenoxy) is 1. The van der Waals surface area contributed by atoms with Gasteiger partial charge in [0.05, 0.1) is 30.3 Å². The Hall–Kier alpha value is -2.11. The van der Waals surface area contributed by atoms with Gasteiger partial charge in [-0.05, 0) is 43.0 Å². The SMILES string of the molecule is CC[C@H]1CN(c2ncc(NS(C)(=O)=O)cc2Cl)CCN1C1CCN(C(C(=O)OC)c2ccc(Cl)cc2)CC1. The summed E-state index contributed by atoms with van der Waals surface area (Å²) in [5.41, 5.74) is 1.24. The number of likely N-dealkylation sites (tertiary alicyclic amines) is 1. The third kappa shape index (κ3) is 6.90. The largest absolute Gasteiger partial charge is 0.468 e. The van der Waals surface area contributed by atoms with Gasteiger partial charge < -0.3 is 9.64 Å². The van der Waals surface area contributed by atoms with Crippen molar-refractivity contribution in [3.05, 3.63) is 52.1 Å². The first-order valence-electron chi connectivity index (χ1n) is 12.8. The van der Waals surface area contributed by atoms with Gasteiger partial charge in [-0.15, -0.1) is 0 Å². The molecule has 2 fully saturated rings. The van der Waals surface area contributed by atoms with Crippen molar-refractivity contribution in [2.24, 2.45) is 0 Å². The number of anilines is 2. The fourth-order valence-corrected chi connectivity index (χ4v) is 6.52. The first-order chi connectivity index (χ1) is 18.1. The second-order valence-corrected chi connectivity index (χ2v) is 12.5. The Bertz CT molecular complexity index is 1220. The van der Waals surface area contributed by atoms with Crippen LogP contribution in [0.4, 0.5) is 11.5 Å². The number of esters is 1. The highest BCUT2D eigenvalue weighted by Crippen LogP contribution is 2.32. The van der Waals surface area contributed by atoms with Gasteiger partial charge in [0, 0.05) is 49.8 Å². The van der Waals surface area contributed by atoms with Crippen molar-refractivity contribution in [3.63, 3.8) is 0 Å². The number of carbonyl (C=O) groups is 1. The average molecular weight is 585 g/mol. The van der Waals surface area contributed by atoms with Crippen LogP contribution in [0, 0.1) is 0 Å². The molecule has 1 unspecified atom stereocenters. The van der Waals surface area contributed by atoms with Gasteiger partial charge >= 0.3 is 5.97 Å². The van der Waals surface area contributed by atoms with Gasteiger partial charge in [0.1, 0.15) is 11.9 Å². The average Bonchev–Trinajstić information content (AvgIpc) is 2.89. The Morgan fingerprint density at radius 3 is 2.42 bits per heavy atom.